The van der Waals surface area contributed by atoms with Gasteiger partial charge in [0.2, 0.25) is 0 Å². The average Bonchev–Trinajstić information content (AvgIpc) is 3.13. The molecule has 2 rings (SSSR count). The van der Waals surface area contributed by atoms with Crippen LogP contribution in [0.1, 0.15) is 25.3 Å². The third-order valence-electron chi connectivity index (χ3n) is 2.81. The lowest BCUT2D eigenvalue weighted by atomic mass is 10.2. The van der Waals surface area contributed by atoms with Crippen LogP contribution < -0.4 is 10.1 Å². The van der Waals surface area contributed by atoms with Crippen molar-refractivity contribution in [1.29, 1.82) is 0 Å². The minimum absolute atomic E-state index is 0.0251. The predicted molar refractivity (Wildman–Crippen MR) is 71.6 cm³/mol. The highest BCUT2D eigenvalue weighted by atomic mass is 35.5. The van der Waals surface area contributed by atoms with E-state index in [9.17, 15) is 0 Å². The molecule has 1 aliphatic carbocycles. The predicted octanol–water partition coefficient (Wildman–Crippen LogP) is 3.55. The molecule has 0 radical (unpaired) electrons. The lowest BCUT2D eigenvalue weighted by Gasteiger charge is -2.13. The van der Waals surface area contributed by atoms with E-state index in [0.29, 0.717) is 16.8 Å². The minimum atomic E-state index is -0.0251. The molecule has 1 aliphatic rings. The van der Waals surface area contributed by atoms with E-state index in [2.05, 4.69) is 11.9 Å². The summed E-state index contributed by atoms with van der Waals surface area (Å²) < 4.78 is 5.62. The number of rotatable bonds is 6. The van der Waals surface area contributed by atoms with Crippen LogP contribution in [0.3, 0.4) is 0 Å². The molecular formula is C14H18ClNO. The zero-order chi connectivity index (χ0) is 12.3. The smallest absolute Gasteiger partial charge is 0.138 e. The van der Waals surface area contributed by atoms with E-state index < -0.39 is 0 Å². The van der Waals surface area contributed by atoms with Crippen molar-refractivity contribution in [3.05, 3.63) is 41.4 Å². The molecule has 0 amide bonds. The van der Waals surface area contributed by atoms with Gasteiger partial charge < -0.3 is 10.1 Å². The van der Waals surface area contributed by atoms with Gasteiger partial charge in [0.1, 0.15) is 11.9 Å². The van der Waals surface area contributed by atoms with E-state index in [1.807, 2.05) is 25.1 Å². The number of benzene rings is 1. The first-order valence-electron chi connectivity index (χ1n) is 6.00. The van der Waals surface area contributed by atoms with Gasteiger partial charge in [-0.05, 0) is 37.5 Å². The van der Waals surface area contributed by atoms with Crippen LogP contribution in [0.25, 0.3) is 0 Å². The molecule has 3 heteroatoms. The van der Waals surface area contributed by atoms with Gasteiger partial charge >= 0.3 is 0 Å². The number of hydrogen-bond donors (Lipinski definition) is 1. The summed E-state index contributed by atoms with van der Waals surface area (Å²) in [6.45, 7) is 6.49. The highest BCUT2D eigenvalue weighted by molar-refractivity contribution is 6.32. The van der Waals surface area contributed by atoms with E-state index >= 15 is 0 Å². The molecule has 0 saturated heterocycles. The van der Waals surface area contributed by atoms with Crippen molar-refractivity contribution in [3.63, 3.8) is 0 Å². The second kappa shape index (κ2) is 5.56. The molecule has 1 atom stereocenters. The molecule has 2 nitrogen and oxygen atoms in total. The fourth-order valence-corrected chi connectivity index (χ4v) is 1.80. The van der Waals surface area contributed by atoms with Crippen molar-refractivity contribution >= 4 is 11.6 Å². The van der Waals surface area contributed by atoms with Gasteiger partial charge in [-0.25, -0.2) is 0 Å². The summed E-state index contributed by atoms with van der Waals surface area (Å²) in [6.07, 6.45) is 4.32. The zero-order valence-corrected chi connectivity index (χ0v) is 10.8. The van der Waals surface area contributed by atoms with Crippen LogP contribution >= 0.6 is 11.6 Å². The summed E-state index contributed by atoms with van der Waals surface area (Å²) >= 11 is 6.17. The molecule has 17 heavy (non-hydrogen) atoms. The standard InChI is InChI=1S/C14H18ClNO/c1-3-10(2)17-14-7-4-11(8-13(14)15)9-16-12-5-6-12/h3-4,7-8,10,12,16H,1,5-6,9H2,2H3. The molecular weight excluding hydrogens is 234 g/mol. The average molecular weight is 252 g/mol. The van der Waals surface area contributed by atoms with Crippen LogP contribution in [0.15, 0.2) is 30.9 Å². The first-order valence-corrected chi connectivity index (χ1v) is 6.38. The Morgan fingerprint density at radius 3 is 2.94 bits per heavy atom. The molecule has 1 unspecified atom stereocenters. The van der Waals surface area contributed by atoms with Crippen LogP contribution in [-0.2, 0) is 6.54 Å². The number of nitrogens with one attached hydrogen (secondary N) is 1. The van der Waals surface area contributed by atoms with E-state index in [1.165, 1.54) is 18.4 Å². The van der Waals surface area contributed by atoms with Crippen molar-refractivity contribution in [2.45, 2.75) is 38.5 Å². The van der Waals surface area contributed by atoms with Crippen molar-refractivity contribution in [2.24, 2.45) is 0 Å². The first kappa shape index (κ1) is 12.5. The SMILES string of the molecule is C=CC(C)Oc1ccc(CNC2CC2)cc1Cl. The second-order valence-corrected chi connectivity index (χ2v) is 4.89. The minimum Gasteiger partial charge on any atom is -0.485 e. The Kier molecular flexibility index (Phi) is 4.08. The van der Waals surface area contributed by atoms with E-state index in [-0.39, 0.29) is 6.10 Å². The van der Waals surface area contributed by atoms with Gasteiger partial charge in [-0.2, -0.15) is 0 Å². The summed E-state index contributed by atoms with van der Waals surface area (Å²) in [4.78, 5) is 0. The highest BCUT2D eigenvalue weighted by Gasteiger charge is 2.20. The fraction of sp³-hybridized carbons (Fsp3) is 0.429. The van der Waals surface area contributed by atoms with Gasteiger partial charge in [-0.3, -0.25) is 0 Å². The van der Waals surface area contributed by atoms with Crippen molar-refractivity contribution in [2.75, 3.05) is 0 Å². The maximum absolute atomic E-state index is 6.17. The Hall–Kier alpha value is -0.990. The lowest BCUT2D eigenvalue weighted by molar-refractivity contribution is 0.270. The Morgan fingerprint density at radius 1 is 1.59 bits per heavy atom. The summed E-state index contributed by atoms with van der Waals surface area (Å²) in [5.74, 6) is 0.717. The molecule has 1 aromatic rings. The van der Waals surface area contributed by atoms with Crippen molar-refractivity contribution in [3.8, 4) is 5.75 Å². The first-order chi connectivity index (χ1) is 8.19. The molecule has 0 aromatic heterocycles. The maximum Gasteiger partial charge on any atom is 0.138 e. The summed E-state index contributed by atoms with van der Waals surface area (Å²) in [5.41, 5.74) is 1.19. The van der Waals surface area contributed by atoms with Gasteiger partial charge in [0.15, 0.2) is 0 Å². The fourth-order valence-electron chi connectivity index (χ4n) is 1.55. The van der Waals surface area contributed by atoms with Gasteiger partial charge in [0.25, 0.3) is 0 Å². The van der Waals surface area contributed by atoms with Gasteiger partial charge in [-0.15, -0.1) is 0 Å². The molecule has 1 fully saturated rings. The van der Waals surface area contributed by atoms with Crippen LogP contribution in [0.2, 0.25) is 5.02 Å². The van der Waals surface area contributed by atoms with Crippen LogP contribution in [-0.4, -0.2) is 12.1 Å². The summed E-state index contributed by atoms with van der Waals surface area (Å²) in [7, 11) is 0. The Bertz CT molecular complexity index is 401. The topological polar surface area (TPSA) is 21.3 Å². The monoisotopic (exact) mass is 251 g/mol. The van der Waals surface area contributed by atoms with Crippen LogP contribution in [0.4, 0.5) is 0 Å². The van der Waals surface area contributed by atoms with Crippen LogP contribution in [0, 0.1) is 0 Å². The molecule has 0 aliphatic heterocycles. The molecule has 0 heterocycles. The third-order valence-corrected chi connectivity index (χ3v) is 3.11. The number of ether oxygens (including phenoxy) is 1. The Labute approximate surface area is 108 Å². The van der Waals surface area contributed by atoms with Gasteiger partial charge in [0.05, 0.1) is 5.02 Å². The van der Waals surface area contributed by atoms with E-state index in [0.717, 1.165) is 6.54 Å². The molecule has 1 aromatic carbocycles. The largest absolute Gasteiger partial charge is 0.485 e. The number of hydrogen-bond acceptors (Lipinski definition) is 2. The summed E-state index contributed by atoms with van der Waals surface area (Å²) in [5, 5.41) is 4.12. The van der Waals surface area contributed by atoms with Crippen molar-refractivity contribution < 1.29 is 4.74 Å². The molecule has 1 N–H and O–H groups in total. The van der Waals surface area contributed by atoms with E-state index in [1.54, 1.807) is 6.08 Å². The lowest BCUT2D eigenvalue weighted by Crippen LogP contribution is -2.15. The third kappa shape index (κ3) is 3.76. The molecule has 92 valence electrons. The second-order valence-electron chi connectivity index (χ2n) is 4.48. The molecule has 1 saturated carbocycles. The Morgan fingerprint density at radius 2 is 2.35 bits per heavy atom. The number of halogens is 1. The normalized spacial score (nSPS) is 16.6. The van der Waals surface area contributed by atoms with Crippen LogP contribution in [0.5, 0.6) is 5.75 Å². The van der Waals surface area contributed by atoms with Gasteiger partial charge in [-0.1, -0.05) is 30.3 Å². The zero-order valence-electron chi connectivity index (χ0n) is 10.1. The Balaban J connectivity index is 1.96. The molecule has 0 bridgehead atoms. The molecule has 0 spiro atoms. The maximum atomic E-state index is 6.17. The highest BCUT2D eigenvalue weighted by Crippen LogP contribution is 2.27. The summed E-state index contributed by atoms with van der Waals surface area (Å²) in [6, 6.07) is 6.64. The van der Waals surface area contributed by atoms with E-state index in [4.69, 9.17) is 16.3 Å². The quantitative estimate of drug-likeness (QED) is 0.781. The van der Waals surface area contributed by atoms with Crippen molar-refractivity contribution in [1.82, 2.24) is 5.32 Å². The van der Waals surface area contributed by atoms with Gasteiger partial charge in [0, 0.05) is 12.6 Å².